The van der Waals surface area contributed by atoms with Crippen LogP contribution in [0.25, 0.3) is 11.1 Å². The van der Waals surface area contributed by atoms with Crippen LogP contribution in [0.5, 0.6) is 5.88 Å². The predicted molar refractivity (Wildman–Crippen MR) is 126 cm³/mol. The molecule has 0 spiro atoms. The predicted octanol–water partition coefficient (Wildman–Crippen LogP) is 5.17. The van der Waals surface area contributed by atoms with Gasteiger partial charge in [0.05, 0.1) is 13.0 Å². The lowest BCUT2D eigenvalue weighted by Gasteiger charge is -2.43. The molecule has 4 aliphatic carbocycles. The Hall–Kier alpha value is -2.89. The third-order valence-electron chi connectivity index (χ3n) is 8.08. The summed E-state index contributed by atoms with van der Waals surface area (Å²) in [6, 6.07) is 12.0. The number of methoxy groups -OCH3 is 1. The van der Waals surface area contributed by atoms with E-state index in [1.54, 1.807) is 13.3 Å². The van der Waals surface area contributed by atoms with Crippen LogP contribution in [-0.4, -0.2) is 35.6 Å². The van der Waals surface area contributed by atoms with Crippen LogP contribution in [0.4, 0.5) is 5.69 Å². The number of rotatable bonds is 7. The first-order chi connectivity index (χ1) is 16.0. The Labute approximate surface area is 195 Å². The summed E-state index contributed by atoms with van der Waals surface area (Å²) < 4.78 is 5.28. The van der Waals surface area contributed by atoms with Crippen molar-refractivity contribution in [1.82, 2.24) is 4.98 Å². The molecule has 1 atom stereocenters. The summed E-state index contributed by atoms with van der Waals surface area (Å²) >= 11 is 0. The fourth-order valence-electron chi connectivity index (χ4n) is 6.38. The number of anilines is 1. The number of aromatic nitrogens is 1. The molecule has 6 heteroatoms. The van der Waals surface area contributed by atoms with Crippen LogP contribution in [0.2, 0.25) is 0 Å². The minimum absolute atomic E-state index is 0.0616. The highest BCUT2D eigenvalue weighted by molar-refractivity contribution is 5.96. The van der Waals surface area contributed by atoms with Gasteiger partial charge in [-0.3, -0.25) is 9.59 Å². The molecule has 4 saturated carbocycles. The molecule has 0 unspecified atom stereocenters. The minimum Gasteiger partial charge on any atom is -0.481 e. The third-order valence-corrected chi connectivity index (χ3v) is 8.08. The number of carboxylic acid groups (broad SMARTS) is 1. The van der Waals surface area contributed by atoms with Crippen molar-refractivity contribution in [2.45, 2.75) is 51.4 Å². The zero-order chi connectivity index (χ0) is 23.0. The van der Waals surface area contributed by atoms with E-state index in [0.29, 0.717) is 18.8 Å². The molecule has 1 amide bonds. The maximum atomic E-state index is 13.8. The summed E-state index contributed by atoms with van der Waals surface area (Å²) in [4.78, 5) is 31.6. The number of benzene rings is 1. The van der Waals surface area contributed by atoms with Crippen LogP contribution in [0.15, 0.2) is 42.6 Å². The Balaban J connectivity index is 1.45. The van der Waals surface area contributed by atoms with Gasteiger partial charge in [0.15, 0.2) is 0 Å². The SMILES string of the molecule is COc1cc(-c2cccc(N(CC34CC(C3)[C@@H](C(=O)O)C4)C(=O)C3CCCCC3)c2)ccn1. The third kappa shape index (κ3) is 4.23. The van der Waals surface area contributed by atoms with E-state index >= 15 is 0 Å². The molecule has 174 valence electrons. The molecular formula is C27H32N2O4. The Morgan fingerprint density at radius 1 is 1.09 bits per heavy atom. The molecule has 2 aromatic rings. The number of ether oxygens (including phenoxy) is 1. The van der Waals surface area contributed by atoms with E-state index in [2.05, 4.69) is 11.1 Å². The highest BCUT2D eigenvalue weighted by Gasteiger charge is 2.59. The molecule has 33 heavy (non-hydrogen) atoms. The van der Waals surface area contributed by atoms with E-state index in [0.717, 1.165) is 55.3 Å². The number of pyridine rings is 1. The maximum absolute atomic E-state index is 13.8. The van der Waals surface area contributed by atoms with Crippen molar-refractivity contribution in [3.8, 4) is 17.0 Å². The number of carbonyl (C=O) groups excluding carboxylic acids is 1. The highest BCUT2D eigenvalue weighted by Crippen LogP contribution is 2.62. The summed E-state index contributed by atoms with van der Waals surface area (Å²) in [5, 5.41) is 9.60. The van der Waals surface area contributed by atoms with Crippen molar-refractivity contribution >= 4 is 17.6 Å². The van der Waals surface area contributed by atoms with Gasteiger partial charge in [0.25, 0.3) is 0 Å². The zero-order valence-corrected chi connectivity index (χ0v) is 19.2. The molecule has 1 aromatic heterocycles. The van der Waals surface area contributed by atoms with Crippen molar-refractivity contribution in [2.24, 2.45) is 23.2 Å². The van der Waals surface area contributed by atoms with Gasteiger partial charge in [-0.1, -0.05) is 31.4 Å². The molecule has 2 bridgehead atoms. The fourth-order valence-corrected chi connectivity index (χ4v) is 6.38. The van der Waals surface area contributed by atoms with Gasteiger partial charge in [-0.15, -0.1) is 0 Å². The minimum atomic E-state index is -0.682. The lowest BCUT2D eigenvalue weighted by molar-refractivity contribution is -0.142. The molecule has 6 nitrogen and oxygen atoms in total. The van der Waals surface area contributed by atoms with Gasteiger partial charge in [0.2, 0.25) is 11.8 Å². The summed E-state index contributed by atoms with van der Waals surface area (Å²) in [5.41, 5.74) is 2.83. The largest absolute Gasteiger partial charge is 0.481 e. The number of aliphatic carboxylic acids is 1. The van der Waals surface area contributed by atoms with Gasteiger partial charge in [0.1, 0.15) is 0 Å². The number of nitrogens with zero attached hydrogens (tertiary/aromatic N) is 2. The quantitative estimate of drug-likeness (QED) is 0.632. The first kappa shape index (κ1) is 21.9. The van der Waals surface area contributed by atoms with Crippen molar-refractivity contribution in [1.29, 1.82) is 0 Å². The Morgan fingerprint density at radius 2 is 1.85 bits per heavy atom. The summed E-state index contributed by atoms with van der Waals surface area (Å²) in [6.45, 7) is 0.617. The van der Waals surface area contributed by atoms with Gasteiger partial charge in [0, 0.05) is 30.4 Å². The number of hydrogen-bond donors (Lipinski definition) is 1. The Morgan fingerprint density at radius 3 is 2.55 bits per heavy atom. The Kier molecular flexibility index (Phi) is 5.85. The van der Waals surface area contributed by atoms with Crippen molar-refractivity contribution in [3.05, 3.63) is 42.6 Å². The van der Waals surface area contributed by atoms with E-state index in [9.17, 15) is 14.7 Å². The van der Waals surface area contributed by atoms with E-state index in [1.165, 1.54) is 6.42 Å². The van der Waals surface area contributed by atoms with Crippen LogP contribution in [0.3, 0.4) is 0 Å². The van der Waals surface area contributed by atoms with Crippen molar-refractivity contribution < 1.29 is 19.4 Å². The molecule has 1 N–H and O–H groups in total. The second kappa shape index (κ2) is 8.81. The molecule has 1 aromatic carbocycles. The summed E-state index contributed by atoms with van der Waals surface area (Å²) in [6.07, 6.45) is 9.56. The van der Waals surface area contributed by atoms with E-state index in [4.69, 9.17) is 4.74 Å². The molecule has 0 saturated heterocycles. The maximum Gasteiger partial charge on any atom is 0.306 e. The highest BCUT2D eigenvalue weighted by atomic mass is 16.5. The monoisotopic (exact) mass is 448 g/mol. The van der Waals surface area contributed by atoms with Gasteiger partial charge in [-0.25, -0.2) is 4.98 Å². The van der Waals surface area contributed by atoms with Crippen LogP contribution in [-0.2, 0) is 9.59 Å². The zero-order valence-electron chi connectivity index (χ0n) is 19.2. The number of hydrogen-bond acceptors (Lipinski definition) is 4. The number of carboxylic acids is 1. The molecule has 4 fully saturated rings. The van der Waals surface area contributed by atoms with Crippen molar-refractivity contribution in [3.63, 3.8) is 0 Å². The molecule has 1 heterocycles. The topological polar surface area (TPSA) is 79.7 Å². The van der Waals surface area contributed by atoms with Crippen LogP contribution >= 0.6 is 0 Å². The summed E-state index contributed by atoms with van der Waals surface area (Å²) in [5.74, 6) is 0.149. The summed E-state index contributed by atoms with van der Waals surface area (Å²) in [7, 11) is 1.60. The van der Waals surface area contributed by atoms with Crippen LogP contribution < -0.4 is 9.64 Å². The average Bonchev–Trinajstić information content (AvgIpc) is 3.39. The smallest absolute Gasteiger partial charge is 0.306 e. The molecule has 0 aliphatic heterocycles. The number of carbonyl (C=O) groups is 2. The van der Waals surface area contributed by atoms with Gasteiger partial charge in [-0.2, -0.15) is 0 Å². The molecule has 6 rings (SSSR count). The lowest BCUT2D eigenvalue weighted by Crippen LogP contribution is -2.46. The van der Waals surface area contributed by atoms with Crippen LogP contribution in [0.1, 0.15) is 51.4 Å². The van der Waals surface area contributed by atoms with Crippen molar-refractivity contribution in [2.75, 3.05) is 18.6 Å². The van der Waals surface area contributed by atoms with Gasteiger partial charge in [-0.05, 0) is 72.8 Å². The molecular weight excluding hydrogens is 416 g/mol. The number of amides is 1. The lowest BCUT2D eigenvalue weighted by atomic mass is 9.69. The Bertz CT molecular complexity index is 1040. The van der Waals surface area contributed by atoms with Gasteiger partial charge < -0.3 is 14.7 Å². The van der Waals surface area contributed by atoms with Crippen LogP contribution in [0, 0.1) is 23.2 Å². The molecule has 0 radical (unpaired) electrons. The second-order valence-electron chi connectivity index (χ2n) is 10.2. The van der Waals surface area contributed by atoms with E-state index < -0.39 is 5.97 Å². The second-order valence-corrected chi connectivity index (χ2v) is 10.2. The first-order valence-electron chi connectivity index (χ1n) is 12.1. The van der Waals surface area contributed by atoms with E-state index in [-0.39, 0.29) is 29.1 Å². The van der Waals surface area contributed by atoms with Gasteiger partial charge >= 0.3 is 5.97 Å². The first-order valence-corrected chi connectivity index (χ1v) is 12.1. The fraction of sp³-hybridized carbons (Fsp3) is 0.519. The average molecular weight is 449 g/mol. The van der Waals surface area contributed by atoms with E-state index in [1.807, 2.05) is 35.2 Å². The normalized spacial score (nSPS) is 26.5. The standard InChI is InChI=1S/C27H32N2O4/c1-33-24-13-20(10-11-28-24)19-8-5-9-22(12-19)29(25(30)18-6-3-2-4-7-18)17-27-14-21(15-27)23(16-27)26(31)32/h5,8-13,18,21,23H,2-4,6-7,14-17H2,1H3,(H,31,32)/t21?,23-,27?/m0/s1. The molecule has 4 aliphatic rings. The number of fused-ring (bicyclic) bond motifs is 1.